The lowest BCUT2D eigenvalue weighted by Crippen LogP contribution is -2.66. The Hall–Kier alpha value is -2.21. The average molecular weight is 441 g/mol. The van der Waals surface area contributed by atoms with Crippen LogP contribution in [0, 0.1) is 0 Å². The summed E-state index contributed by atoms with van der Waals surface area (Å²) >= 11 is 0. The molecule has 0 bridgehead atoms. The molecule has 0 aliphatic rings. The van der Waals surface area contributed by atoms with E-state index >= 15 is 0 Å². The summed E-state index contributed by atoms with van der Waals surface area (Å²) in [6.45, 7) is 11.2. The number of rotatable bonds is 10. The zero-order chi connectivity index (χ0) is 22.9. The summed E-state index contributed by atoms with van der Waals surface area (Å²) in [6.07, 6.45) is 2.26. The van der Waals surface area contributed by atoms with E-state index in [2.05, 4.69) is 69.3 Å². The molecule has 0 aliphatic heterocycles. The summed E-state index contributed by atoms with van der Waals surface area (Å²) in [5.74, 6) is -0.308. The average Bonchev–Trinajstić information content (AvgIpc) is 2.76. The van der Waals surface area contributed by atoms with Crippen LogP contribution in [0.5, 0.6) is 0 Å². The molecule has 2 rings (SSSR count). The molecular weight excluding hydrogens is 404 g/mol. The zero-order valence-electron chi connectivity index (χ0n) is 19.7. The molecule has 0 fully saturated rings. The van der Waals surface area contributed by atoms with Gasteiger partial charge in [-0.05, 0) is 41.8 Å². The minimum atomic E-state index is -2.57. The topological polar surface area (TPSA) is 44.8 Å². The quantitative estimate of drug-likeness (QED) is 0.310. The predicted molar refractivity (Wildman–Crippen MR) is 129 cm³/mol. The van der Waals surface area contributed by atoms with Crippen molar-refractivity contribution in [3.63, 3.8) is 0 Å². The Morgan fingerprint density at radius 1 is 1.00 bits per heavy atom. The van der Waals surface area contributed by atoms with Gasteiger partial charge in [0.05, 0.1) is 12.7 Å². The number of carbonyl (C=O) groups excluding carboxylic acids is 1. The Morgan fingerprint density at radius 2 is 1.52 bits per heavy atom. The number of carbonyl (C=O) groups is 1. The van der Waals surface area contributed by atoms with Crippen LogP contribution in [0.2, 0.25) is 5.04 Å². The van der Waals surface area contributed by atoms with Crippen molar-refractivity contribution in [1.82, 2.24) is 0 Å². The second-order valence-electron chi connectivity index (χ2n) is 8.64. The molecule has 0 saturated carbocycles. The van der Waals surface area contributed by atoms with Crippen molar-refractivity contribution < 1.29 is 18.7 Å². The van der Waals surface area contributed by atoms with E-state index in [9.17, 15) is 4.79 Å². The first-order chi connectivity index (χ1) is 14.8. The van der Waals surface area contributed by atoms with Gasteiger partial charge in [0.25, 0.3) is 8.32 Å². The van der Waals surface area contributed by atoms with Gasteiger partial charge >= 0.3 is 5.97 Å². The number of methoxy groups -OCH3 is 1. The van der Waals surface area contributed by atoms with Gasteiger partial charge in [0.2, 0.25) is 0 Å². The van der Waals surface area contributed by atoms with Crippen LogP contribution in [-0.2, 0) is 18.7 Å². The number of hydrogen-bond acceptors (Lipinski definition) is 4. The van der Waals surface area contributed by atoms with Crippen LogP contribution in [0.4, 0.5) is 0 Å². The van der Waals surface area contributed by atoms with Gasteiger partial charge in [0.15, 0.2) is 0 Å². The second-order valence-corrected chi connectivity index (χ2v) is 13.0. The van der Waals surface area contributed by atoms with Crippen molar-refractivity contribution in [2.75, 3.05) is 20.3 Å². The van der Waals surface area contributed by atoms with E-state index in [1.165, 1.54) is 10.4 Å². The van der Waals surface area contributed by atoms with Crippen LogP contribution in [0.15, 0.2) is 72.3 Å². The van der Waals surface area contributed by atoms with Gasteiger partial charge in [-0.25, -0.2) is 4.79 Å². The van der Waals surface area contributed by atoms with E-state index < -0.39 is 8.32 Å². The summed E-state index contributed by atoms with van der Waals surface area (Å²) in [5, 5.41) is 2.43. The molecule has 0 heterocycles. The molecule has 0 unspecified atom stereocenters. The fourth-order valence-electron chi connectivity index (χ4n) is 3.95. The Labute approximate surface area is 188 Å². The number of benzene rings is 2. The highest BCUT2D eigenvalue weighted by Crippen LogP contribution is 2.36. The summed E-state index contributed by atoms with van der Waals surface area (Å²) < 4.78 is 17.6. The molecule has 2 aromatic carbocycles. The van der Waals surface area contributed by atoms with Crippen LogP contribution >= 0.6 is 0 Å². The Balaban J connectivity index is 2.33. The predicted octanol–water partition coefficient (Wildman–Crippen LogP) is 4.48. The lowest BCUT2D eigenvalue weighted by Gasteiger charge is -2.43. The van der Waals surface area contributed by atoms with Crippen molar-refractivity contribution >= 4 is 24.7 Å². The van der Waals surface area contributed by atoms with Gasteiger partial charge in [-0.1, -0.05) is 81.4 Å². The summed E-state index contributed by atoms with van der Waals surface area (Å²) in [6, 6.07) is 21.1. The van der Waals surface area contributed by atoms with Crippen molar-refractivity contribution in [3.8, 4) is 0 Å². The summed E-state index contributed by atoms with van der Waals surface area (Å²) in [5.41, 5.74) is 0.555. The van der Waals surface area contributed by atoms with Crippen LogP contribution in [0.1, 0.15) is 41.0 Å². The smallest absolute Gasteiger partial charge is 0.333 e. The number of ether oxygens (including phenoxy) is 2. The van der Waals surface area contributed by atoms with E-state index in [0.29, 0.717) is 25.2 Å². The van der Waals surface area contributed by atoms with Crippen LogP contribution in [-0.4, -0.2) is 40.7 Å². The third kappa shape index (κ3) is 6.16. The molecule has 31 heavy (non-hydrogen) atoms. The monoisotopic (exact) mass is 440 g/mol. The van der Waals surface area contributed by atoms with Gasteiger partial charge in [0.1, 0.15) is 0 Å². The minimum Gasteiger partial charge on any atom is -0.463 e. The maximum absolute atomic E-state index is 12.0. The van der Waals surface area contributed by atoms with Gasteiger partial charge in [-0.15, -0.1) is 0 Å². The van der Waals surface area contributed by atoms with E-state index in [1.54, 1.807) is 21.0 Å². The third-order valence-electron chi connectivity index (χ3n) is 5.47. The second kappa shape index (κ2) is 11.4. The van der Waals surface area contributed by atoms with Gasteiger partial charge in [0, 0.05) is 19.3 Å². The third-order valence-corrected chi connectivity index (χ3v) is 10.5. The molecule has 5 heteroatoms. The van der Waals surface area contributed by atoms with Gasteiger partial charge in [-0.3, -0.25) is 0 Å². The van der Waals surface area contributed by atoms with Gasteiger partial charge in [-0.2, -0.15) is 0 Å². The fraction of sp³-hybridized carbons (Fsp3) is 0.423. The number of esters is 1. The Morgan fingerprint density at radius 3 is 1.94 bits per heavy atom. The molecule has 0 aromatic heterocycles. The van der Waals surface area contributed by atoms with Crippen molar-refractivity contribution in [2.24, 2.45) is 0 Å². The molecule has 0 aliphatic carbocycles. The highest BCUT2D eigenvalue weighted by atomic mass is 28.4. The molecule has 4 nitrogen and oxygen atoms in total. The maximum atomic E-state index is 12.0. The molecule has 168 valence electrons. The van der Waals surface area contributed by atoms with Crippen LogP contribution in [0.3, 0.4) is 0 Å². The van der Waals surface area contributed by atoms with Gasteiger partial charge < -0.3 is 13.9 Å². The first-order valence-electron chi connectivity index (χ1n) is 10.9. The molecule has 2 aromatic rings. The van der Waals surface area contributed by atoms with E-state index in [0.717, 1.165) is 0 Å². The molecule has 0 radical (unpaired) electrons. The minimum absolute atomic E-state index is 0.0744. The van der Waals surface area contributed by atoms with E-state index in [-0.39, 0.29) is 17.1 Å². The van der Waals surface area contributed by atoms with Crippen molar-refractivity contribution in [3.05, 3.63) is 72.3 Å². The van der Waals surface area contributed by atoms with Crippen LogP contribution in [0.25, 0.3) is 0 Å². The number of hydrogen-bond donors (Lipinski definition) is 0. The fourth-order valence-corrected chi connectivity index (χ4v) is 8.53. The first-order valence-corrected chi connectivity index (χ1v) is 12.8. The van der Waals surface area contributed by atoms with E-state index in [1.807, 2.05) is 18.2 Å². The molecular formula is C26H36O4Si. The molecule has 1 atom stereocenters. The first kappa shape index (κ1) is 25.1. The normalized spacial score (nSPS) is 13.7. The zero-order valence-corrected chi connectivity index (χ0v) is 20.7. The van der Waals surface area contributed by atoms with Crippen molar-refractivity contribution in [1.29, 1.82) is 0 Å². The molecule has 0 spiro atoms. The Bertz CT molecular complexity index is 801. The SMILES string of the molecule is CCOC(=O)/C(C)=C/[C@H](CCO[Si](c1ccccc1)(c1ccccc1)C(C)(C)C)OC. The molecule has 0 saturated heterocycles. The summed E-state index contributed by atoms with van der Waals surface area (Å²) in [4.78, 5) is 12.0. The highest BCUT2D eigenvalue weighted by Gasteiger charge is 2.50. The standard InChI is InChI=1S/C26H36O4Si/c1-7-29-25(27)21(2)20-22(28-6)18-19-30-31(26(3,4)5,23-14-10-8-11-15-23)24-16-12-9-13-17-24/h8-17,20,22H,7,18-19H2,1-6H3/b21-20+/t22-/m0/s1. The summed E-state index contributed by atoms with van der Waals surface area (Å²) in [7, 11) is -0.916. The van der Waals surface area contributed by atoms with Crippen molar-refractivity contribution in [2.45, 2.75) is 52.2 Å². The lowest BCUT2D eigenvalue weighted by molar-refractivity contribution is -0.138. The maximum Gasteiger partial charge on any atom is 0.333 e. The van der Waals surface area contributed by atoms with E-state index in [4.69, 9.17) is 13.9 Å². The molecule has 0 N–H and O–H groups in total. The van der Waals surface area contributed by atoms with Crippen LogP contribution < -0.4 is 10.4 Å². The largest absolute Gasteiger partial charge is 0.463 e. The lowest BCUT2D eigenvalue weighted by atomic mass is 10.2. The Kier molecular flexibility index (Phi) is 9.23. The highest BCUT2D eigenvalue weighted by molar-refractivity contribution is 6.99. The molecule has 0 amide bonds.